The molecule has 0 bridgehead atoms. The van der Waals surface area contributed by atoms with Crippen LogP contribution >= 0.6 is 11.6 Å². The fourth-order valence-corrected chi connectivity index (χ4v) is 8.90. The Kier molecular flexibility index (Phi) is 5.50. The zero-order valence-corrected chi connectivity index (χ0v) is 19.9. The maximum Gasteiger partial charge on any atom is 0.0108 e. The number of fused-ring (bicyclic) bond motifs is 4. The fraction of sp³-hybridized carbons (Fsp3) is 0.231. The van der Waals surface area contributed by atoms with Gasteiger partial charge in [-0.15, -0.1) is 11.6 Å². The van der Waals surface area contributed by atoms with E-state index in [1.807, 2.05) is 0 Å². The average molecular weight is 477 g/mol. The van der Waals surface area contributed by atoms with Crippen molar-refractivity contribution >= 4 is 34.3 Å². The Morgan fingerprint density at radius 1 is 1.00 bits per heavy atom. The van der Waals surface area contributed by atoms with Gasteiger partial charge in [0.25, 0.3) is 0 Å². The number of alkyl halides is 1. The Morgan fingerprint density at radius 2 is 1.83 bits per heavy atom. The number of allylic oxidation sites excluding steroid dienone is 5. The first-order valence-corrected chi connectivity index (χ1v) is 13.7. The number of para-hydroxylation sites is 1. The van der Waals surface area contributed by atoms with Gasteiger partial charge in [0.1, 0.15) is 0 Å². The summed E-state index contributed by atoms with van der Waals surface area (Å²) in [6.07, 6.45) is 15.9. The van der Waals surface area contributed by atoms with Crippen molar-refractivity contribution in [3.05, 3.63) is 92.4 Å². The molecule has 0 saturated carbocycles. The third kappa shape index (κ3) is 3.26. The van der Waals surface area contributed by atoms with E-state index in [9.17, 15) is 0 Å². The predicted molar refractivity (Wildman–Crippen MR) is 121 cm³/mol. The summed E-state index contributed by atoms with van der Waals surface area (Å²) in [5.41, 5.74) is 9.16. The molecule has 29 heavy (non-hydrogen) atoms. The molecule has 1 aromatic heterocycles. The maximum absolute atomic E-state index is 4.64. The van der Waals surface area contributed by atoms with E-state index < -0.39 is 23.2 Å². The standard InChI is InChI=1S/C20H16N.C5H5.CH3Cl.Zr/c1-2-7-15-13-16(12-14(15)6-1)21-19-10-4-3-8-17(19)18-9-5-11-20(18)21;1-2-4-5-3-1;1-2;/h1-4,6-8,10,12-13H,5,9,11H2;1-3H,4H2;1H3;. The molecule has 3 aliphatic rings. The Labute approximate surface area is 189 Å². The molecule has 2 aromatic carbocycles. The maximum atomic E-state index is 4.64. The van der Waals surface area contributed by atoms with Crippen LogP contribution < -0.4 is 0 Å². The Hall–Kier alpha value is -1.63. The molecule has 6 rings (SSSR count). The van der Waals surface area contributed by atoms with Crippen LogP contribution in [0.25, 0.3) is 22.7 Å². The van der Waals surface area contributed by atoms with Gasteiger partial charge in [-0.25, -0.2) is 0 Å². The van der Waals surface area contributed by atoms with Crippen molar-refractivity contribution in [2.75, 3.05) is 6.38 Å². The summed E-state index contributed by atoms with van der Waals surface area (Å²) in [4.78, 5) is 0. The van der Waals surface area contributed by atoms with E-state index >= 15 is 0 Å². The molecule has 0 aliphatic heterocycles. The van der Waals surface area contributed by atoms with E-state index in [2.05, 4.69) is 89.0 Å². The number of nitrogens with zero attached hydrogens (tertiary/aromatic N) is 1. The van der Waals surface area contributed by atoms with Crippen LogP contribution in [-0.2, 0) is 36.1 Å². The Bertz CT molecular complexity index is 1160. The number of benzene rings is 2. The molecular weight excluding hydrogens is 453 g/mol. The smallest absolute Gasteiger partial charge is 0.0108 e. The van der Waals surface area contributed by atoms with Gasteiger partial charge in [0.2, 0.25) is 0 Å². The van der Waals surface area contributed by atoms with Gasteiger partial charge in [0, 0.05) is 6.38 Å². The molecule has 1 nitrogen and oxygen atoms in total. The van der Waals surface area contributed by atoms with Gasteiger partial charge in [-0.3, -0.25) is 0 Å². The number of halogens is 1. The van der Waals surface area contributed by atoms with E-state index in [0.29, 0.717) is 3.63 Å². The summed E-state index contributed by atoms with van der Waals surface area (Å²) in [6.45, 7) is 0. The number of hydrogen-bond acceptors (Lipinski definition) is 0. The summed E-state index contributed by atoms with van der Waals surface area (Å²) < 4.78 is 5.00. The number of aromatic nitrogens is 1. The zero-order chi connectivity index (χ0) is 19.8. The predicted octanol–water partition coefficient (Wildman–Crippen LogP) is 6.96. The molecule has 3 aromatic rings. The Morgan fingerprint density at radius 3 is 2.69 bits per heavy atom. The third-order valence-corrected chi connectivity index (χ3v) is 10.2. The quantitative estimate of drug-likeness (QED) is 0.360. The second-order valence-electron chi connectivity index (χ2n) is 7.73. The van der Waals surface area contributed by atoms with Crippen molar-refractivity contribution in [3.63, 3.8) is 0 Å². The van der Waals surface area contributed by atoms with Crippen molar-refractivity contribution in [3.8, 4) is 0 Å². The van der Waals surface area contributed by atoms with E-state index in [-0.39, 0.29) is 0 Å². The number of rotatable bonds is 3. The molecule has 0 spiro atoms. The van der Waals surface area contributed by atoms with Crippen LogP contribution in [0.2, 0.25) is 0 Å². The summed E-state index contributed by atoms with van der Waals surface area (Å²) in [6, 6.07) is 18.2. The molecule has 0 fully saturated rings. The second kappa shape index (κ2) is 8.25. The van der Waals surface area contributed by atoms with Gasteiger partial charge >= 0.3 is 172 Å². The van der Waals surface area contributed by atoms with E-state index in [1.165, 1.54) is 48.5 Å². The minimum absolute atomic E-state index is 0.622. The van der Waals surface area contributed by atoms with Crippen LogP contribution in [0.5, 0.6) is 0 Å². The molecule has 0 radical (unpaired) electrons. The first-order valence-electron chi connectivity index (χ1n) is 10.3. The molecule has 1 heterocycles. The minimum atomic E-state index is -0.724. The van der Waals surface area contributed by atoms with Crippen LogP contribution in [0.3, 0.4) is 0 Å². The Balaban J connectivity index is 0.000000882. The zero-order valence-electron chi connectivity index (χ0n) is 16.7. The molecular formula is C26H24ClNZr. The van der Waals surface area contributed by atoms with Crippen molar-refractivity contribution in [1.29, 1.82) is 0 Å². The summed E-state index contributed by atoms with van der Waals surface area (Å²) in [5, 5.41) is 1.48. The van der Waals surface area contributed by atoms with Crippen molar-refractivity contribution in [2.45, 2.75) is 29.3 Å². The van der Waals surface area contributed by atoms with Crippen molar-refractivity contribution in [1.82, 2.24) is 4.57 Å². The topological polar surface area (TPSA) is 4.93 Å². The van der Waals surface area contributed by atoms with Gasteiger partial charge in [-0.2, -0.15) is 0 Å². The fourth-order valence-electron chi connectivity index (χ4n) is 5.02. The molecule has 1 unspecified atom stereocenters. The van der Waals surface area contributed by atoms with E-state index in [0.717, 1.165) is 0 Å². The average Bonchev–Trinajstić information content (AvgIpc) is 3.54. The van der Waals surface area contributed by atoms with Gasteiger partial charge in [0.15, 0.2) is 0 Å². The van der Waals surface area contributed by atoms with Gasteiger partial charge in [0.05, 0.1) is 0 Å². The number of aryl methyl sites for hydroxylation is 1. The third-order valence-electron chi connectivity index (χ3n) is 6.19. The van der Waals surface area contributed by atoms with Crippen molar-refractivity contribution < 1.29 is 23.2 Å². The van der Waals surface area contributed by atoms with Gasteiger partial charge in [-0.1, -0.05) is 0 Å². The molecule has 0 saturated heterocycles. The molecule has 0 amide bonds. The summed E-state index contributed by atoms with van der Waals surface area (Å²) >= 11 is 3.91. The van der Waals surface area contributed by atoms with Crippen molar-refractivity contribution in [2.24, 2.45) is 0 Å². The van der Waals surface area contributed by atoms with Gasteiger partial charge in [-0.05, 0) is 0 Å². The second-order valence-corrected chi connectivity index (χ2v) is 11.4. The minimum Gasteiger partial charge on any atom is -0.130 e. The molecule has 0 N–H and O–H groups in total. The SMILES string of the molecule is C1=CC[C]([Zr][CH]2C(n3c4c(c5ccccc53)CCC4)=Cc3ccccc32)=C1.CCl. The molecule has 144 valence electrons. The van der Waals surface area contributed by atoms with E-state index in [1.54, 1.807) is 25.8 Å². The first-order chi connectivity index (χ1) is 14.4. The largest absolute Gasteiger partial charge is 0.130 e. The van der Waals surface area contributed by atoms with Crippen LogP contribution in [0.1, 0.15) is 38.9 Å². The molecule has 3 aliphatic carbocycles. The van der Waals surface area contributed by atoms with E-state index in [4.69, 9.17) is 0 Å². The summed E-state index contributed by atoms with van der Waals surface area (Å²) in [7, 11) is 0. The number of hydrogen-bond donors (Lipinski definition) is 0. The van der Waals surface area contributed by atoms with Crippen LogP contribution in [-0.4, -0.2) is 11.0 Å². The molecule has 1 atom stereocenters. The summed E-state index contributed by atoms with van der Waals surface area (Å²) in [5.74, 6) is 0. The monoisotopic (exact) mass is 475 g/mol. The molecule has 3 heteroatoms. The normalized spacial score (nSPS) is 18.8. The van der Waals surface area contributed by atoms with Crippen LogP contribution in [0.4, 0.5) is 0 Å². The van der Waals surface area contributed by atoms with Crippen LogP contribution in [0.15, 0.2) is 70.0 Å². The van der Waals surface area contributed by atoms with Gasteiger partial charge < -0.3 is 0 Å². The van der Waals surface area contributed by atoms with Crippen LogP contribution in [0, 0.1) is 0 Å². The first kappa shape index (κ1) is 19.3.